The summed E-state index contributed by atoms with van der Waals surface area (Å²) in [4.78, 5) is 6.40. The van der Waals surface area contributed by atoms with Crippen molar-refractivity contribution in [2.45, 2.75) is 50.1 Å². The molecule has 0 amide bonds. The molecule has 1 saturated heterocycles. The fourth-order valence-electron chi connectivity index (χ4n) is 2.34. The molecule has 1 aliphatic rings. The topological polar surface area (TPSA) is 62.3 Å². The number of rotatable bonds is 3. The Bertz CT molecular complexity index is 584. The van der Waals surface area contributed by atoms with Crippen molar-refractivity contribution in [3.05, 3.63) is 22.4 Å². The Morgan fingerprint density at radius 2 is 1.90 bits per heavy atom. The van der Waals surface area contributed by atoms with Gasteiger partial charge in [0.1, 0.15) is 10.0 Å². The summed E-state index contributed by atoms with van der Waals surface area (Å²) in [6.45, 7) is 4.01. The largest absolute Gasteiger partial charge is 0.255 e. The maximum absolute atomic E-state index is 12.4. The Hall–Kier alpha value is -0.400. The first-order valence-electron chi connectivity index (χ1n) is 6.43. The van der Waals surface area contributed by atoms with Gasteiger partial charge in [0.15, 0.2) is 0 Å². The lowest BCUT2D eigenvalue weighted by Crippen LogP contribution is -2.53. The highest BCUT2D eigenvalue weighted by molar-refractivity contribution is 7.89. The molecule has 1 aliphatic heterocycles. The molecule has 1 fully saturated rings. The van der Waals surface area contributed by atoms with Crippen LogP contribution in [0.1, 0.15) is 33.1 Å². The lowest BCUT2D eigenvalue weighted by Gasteiger charge is -2.38. The van der Waals surface area contributed by atoms with Crippen molar-refractivity contribution in [2.24, 2.45) is 0 Å². The predicted octanol–water partition coefficient (Wildman–Crippen LogP) is 2.84. The second-order valence-electron chi connectivity index (χ2n) is 5.07. The van der Waals surface area contributed by atoms with Crippen LogP contribution in [0.3, 0.4) is 0 Å². The molecule has 5 nitrogen and oxygen atoms in total. The first kappa shape index (κ1) is 16.0. The van der Waals surface area contributed by atoms with Gasteiger partial charge in [-0.25, -0.2) is 18.4 Å². The first-order chi connectivity index (χ1) is 9.31. The molecule has 0 spiro atoms. The SMILES string of the molecule is CC1CCCC(C)N1NS(=O)(=O)c1cnc(Cl)c(Cl)c1. The van der Waals surface area contributed by atoms with Gasteiger partial charge in [-0.3, -0.25) is 0 Å². The molecule has 1 aromatic heterocycles. The Morgan fingerprint density at radius 1 is 1.30 bits per heavy atom. The molecule has 0 saturated carbocycles. The average molecular weight is 338 g/mol. The van der Waals surface area contributed by atoms with Crippen LogP contribution in [0.2, 0.25) is 10.2 Å². The summed E-state index contributed by atoms with van der Waals surface area (Å²) in [5.41, 5.74) is 0. The van der Waals surface area contributed by atoms with E-state index in [0.29, 0.717) is 0 Å². The Balaban J connectivity index is 2.24. The van der Waals surface area contributed by atoms with Crippen LogP contribution in [-0.2, 0) is 10.0 Å². The average Bonchev–Trinajstić information content (AvgIpc) is 2.37. The van der Waals surface area contributed by atoms with Gasteiger partial charge in [-0.15, -0.1) is 4.83 Å². The van der Waals surface area contributed by atoms with Gasteiger partial charge in [-0.2, -0.15) is 0 Å². The van der Waals surface area contributed by atoms with Crippen molar-refractivity contribution in [3.8, 4) is 0 Å². The minimum absolute atomic E-state index is 0.0110. The smallest absolute Gasteiger partial charge is 0.242 e. The Kier molecular flexibility index (Phi) is 4.92. The van der Waals surface area contributed by atoms with Crippen LogP contribution < -0.4 is 4.83 Å². The van der Waals surface area contributed by atoms with Crippen molar-refractivity contribution in [1.29, 1.82) is 0 Å². The number of nitrogens with zero attached hydrogens (tertiary/aromatic N) is 2. The molecule has 0 aliphatic carbocycles. The quantitative estimate of drug-likeness (QED) is 0.861. The second kappa shape index (κ2) is 6.15. The number of aromatic nitrogens is 1. The molecule has 0 radical (unpaired) electrons. The molecule has 8 heteroatoms. The summed E-state index contributed by atoms with van der Waals surface area (Å²) in [6.07, 6.45) is 4.24. The highest BCUT2D eigenvalue weighted by atomic mass is 35.5. The van der Waals surface area contributed by atoms with Crippen LogP contribution >= 0.6 is 23.2 Å². The Morgan fingerprint density at radius 3 is 2.45 bits per heavy atom. The van der Waals surface area contributed by atoms with Crippen LogP contribution in [-0.4, -0.2) is 30.5 Å². The summed E-state index contributed by atoms with van der Waals surface area (Å²) in [5.74, 6) is 0. The maximum Gasteiger partial charge on any atom is 0.255 e. The minimum Gasteiger partial charge on any atom is -0.242 e. The Labute approximate surface area is 129 Å². The molecular weight excluding hydrogens is 321 g/mol. The third-order valence-electron chi connectivity index (χ3n) is 3.50. The van der Waals surface area contributed by atoms with Crippen LogP contribution in [0.15, 0.2) is 17.2 Å². The lowest BCUT2D eigenvalue weighted by atomic mass is 10.0. The molecule has 112 valence electrons. The highest BCUT2D eigenvalue weighted by Crippen LogP contribution is 2.24. The molecule has 2 unspecified atom stereocenters. The number of hydrogen-bond donors (Lipinski definition) is 1. The number of hydrogen-bond acceptors (Lipinski definition) is 4. The van der Waals surface area contributed by atoms with E-state index < -0.39 is 10.0 Å². The van der Waals surface area contributed by atoms with Gasteiger partial charge < -0.3 is 0 Å². The van der Waals surface area contributed by atoms with Crippen LogP contribution in [0.25, 0.3) is 0 Å². The lowest BCUT2D eigenvalue weighted by molar-refractivity contribution is 0.0790. The van der Waals surface area contributed by atoms with E-state index in [4.69, 9.17) is 23.2 Å². The molecule has 2 rings (SSSR count). The zero-order valence-corrected chi connectivity index (χ0v) is 13.6. The van der Waals surface area contributed by atoms with Crippen molar-refractivity contribution < 1.29 is 8.42 Å². The molecule has 20 heavy (non-hydrogen) atoms. The summed E-state index contributed by atoms with van der Waals surface area (Å²) in [6, 6.07) is 1.62. The van der Waals surface area contributed by atoms with Gasteiger partial charge in [-0.1, -0.05) is 29.6 Å². The van der Waals surface area contributed by atoms with Crippen molar-refractivity contribution >= 4 is 33.2 Å². The van der Waals surface area contributed by atoms with Crippen molar-refractivity contribution in [2.75, 3.05) is 0 Å². The van der Waals surface area contributed by atoms with E-state index in [1.54, 1.807) is 5.01 Å². The predicted molar refractivity (Wildman–Crippen MR) is 79.2 cm³/mol. The van der Waals surface area contributed by atoms with Gasteiger partial charge in [0.05, 0.1) is 5.02 Å². The summed E-state index contributed by atoms with van der Waals surface area (Å²) < 4.78 is 24.7. The number of piperidine rings is 1. The van der Waals surface area contributed by atoms with E-state index in [1.165, 1.54) is 12.3 Å². The highest BCUT2D eigenvalue weighted by Gasteiger charge is 2.29. The number of halogens is 2. The van der Waals surface area contributed by atoms with E-state index in [1.807, 2.05) is 13.8 Å². The molecule has 1 N–H and O–H groups in total. The molecule has 1 aromatic rings. The van der Waals surface area contributed by atoms with E-state index in [9.17, 15) is 8.42 Å². The number of nitrogens with one attached hydrogen (secondary N) is 1. The van der Waals surface area contributed by atoms with Gasteiger partial charge in [0.25, 0.3) is 10.0 Å². The summed E-state index contributed by atoms with van der Waals surface area (Å²) in [5, 5.41) is 1.99. The maximum atomic E-state index is 12.4. The minimum atomic E-state index is -3.69. The molecular formula is C12H17Cl2N3O2S. The number of sulfonamides is 1. The number of hydrazine groups is 1. The van der Waals surface area contributed by atoms with E-state index in [0.717, 1.165) is 19.3 Å². The van der Waals surface area contributed by atoms with E-state index >= 15 is 0 Å². The first-order valence-corrected chi connectivity index (χ1v) is 8.67. The standard InChI is InChI=1S/C12H17Cl2N3O2S/c1-8-4-3-5-9(2)17(8)16-20(18,19)10-6-11(13)12(14)15-7-10/h6-9,16H,3-5H2,1-2H3. The van der Waals surface area contributed by atoms with Gasteiger partial charge in [-0.05, 0) is 32.8 Å². The second-order valence-corrected chi connectivity index (χ2v) is 7.50. The van der Waals surface area contributed by atoms with Crippen LogP contribution in [0, 0.1) is 0 Å². The van der Waals surface area contributed by atoms with Gasteiger partial charge in [0.2, 0.25) is 0 Å². The molecule has 0 bridgehead atoms. The number of pyridine rings is 1. The van der Waals surface area contributed by atoms with E-state index in [2.05, 4.69) is 9.82 Å². The zero-order chi connectivity index (χ0) is 14.9. The third kappa shape index (κ3) is 3.43. The van der Waals surface area contributed by atoms with Crippen LogP contribution in [0.4, 0.5) is 0 Å². The zero-order valence-electron chi connectivity index (χ0n) is 11.3. The fourth-order valence-corrected chi connectivity index (χ4v) is 3.89. The van der Waals surface area contributed by atoms with Crippen LogP contribution in [0.5, 0.6) is 0 Å². The molecule has 0 aromatic carbocycles. The molecule has 2 heterocycles. The molecule has 2 atom stereocenters. The summed E-state index contributed by atoms with van der Waals surface area (Å²) >= 11 is 11.5. The summed E-state index contributed by atoms with van der Waals surface area (Å²) in [7, 11) is -3.69. The normalized spacial score (nSPS) is 24.8. The fraction of sp³-hybridized carbons (Fsp3) is 0.583. The van der Waals surface area contributed by atoms with Gasteiger partial charge >= 0.3 is 0 Å². The van der Waals surface area contributed by atoms with E-state index in [-0.39, 0.29) is 27.2 Å². The third-order valence-corrected chi connectivity index (χ3v) is 5.48. The van der Waals surface area contributed by atoms with Crippen molar-refractivity contribution in [3.63, 3.8) is 0 Å². The van der Waals surface area contributed by atoms with Crippen molar-refractivity contribution in [1.82, 2.24) is 14.8 Å². The van der Waals surface area contributed by atoms with Gasteiger partial charge in [0, 0.05) is 18.3 Å². The monoisotopic (exact) mass is 337 g/mol.